The number of nitrogens with two attached hydrogens (primary N) is 1. The predicted octanol–water partition coefficient (Wildman–Crippen LogP) is 0.867. The first-order valence-electron chi connectivity index (χ1n) is 13.6. The Morgan fingerprint density at radius 2 is 1.97 bits per heavy atom. The Morgan fingerprint density at radius 3 is 2.63 bits per heavy atom. The smallest absolute Gasteiger partial charge is 0.244 e. The first-order chi connectivity index (χ1) is 18.0. The number of rotatable bonds is 11. The zero-order valence-corrected chi connectivity index (χ0v) is 23.0. The predicted molar refractivity (Wildman–Crippen MR) is 143 cm³/mol. The highest BCUT2D eigenvalue weighted by Gasteiger charge is 2.58. The summed E-state index contributed by atoms with van der Waals surface area (Å²) in [4.78, 5) is 24.3. The van der Waals surface area contributed by atoms with Gasteiger partial charge in [-0.1, -0.05) is 36.8 Å². The average molecular weight is 536 g/mol. The molecule has 10 heteroatoms. The van der Waals surface area contributed by atoms with Crippen molar-refractivity contribution < 1.29 is 34.0 Å². The summed E-state index contributed by atoms with van der Waals surface area (Å²) in [5.74, 6) is -0.117. The molecule has 3 aliphatic rings. The molecular weight excluding hydrogens is 490 g/mol. The fourth-order valence-electron chi connectivity index (χ4n) is 5.08. The van der Waals surface area contributed by atoms with Crippen molar-refractivity contribution in [1.29, 1.82) is 0 Å². The molecule has 3 fully saturated rings. The lowest BCUT2D eigenvalue weighted by Crippen LogP contribution is -2.51. The van der Waals surface area contributed by atoms with Crippen LogP contribution in [0, 0.1) is 5.92 Å². The van der Waals surface area contributed by atoms with Crippen LogP contribution in [0.25, 0.3) is 0 Å². The minimum atomic E-state index is -0.792. The summed E-state index contributed by atoms with van der Waals surface area (Å²) in [7, 11) is 0. The molecule has 3 saturated heterocycles. The number of amides is 2. The van der Waals surface area contributed by atoms with Gasteiger partial charge >= 0.3 is 0 Å². The van der Waals surface area contributed by atoms with Crippen LogP contribution in [0.5, 0.6) is 0 Å². The summed E-state index contributed by atoms with van der Waals surface area (Å²) in [6.07, 6.45) is 8.38. The topological polar surface area (TPSA) is 156 Å². The lowest BCUT2D eigenvalue weighted by molar-refractivity contribution is -0.145. The second-order valence-corrected chi connectivity index (χ2v) is 10.9. The molecule has 0 aromatic heterocycles. The summed E-state index contributed by atoms with van der Waals surface area (Å²) < 4.78 is 17.9. The average Bonchev–Trinajstić information content (AvgIpc) is 3.63. The van der Waals surface area contributed by atoms with Crippen LogP contribution >= 0.6 is 0 Å². The van der Waals surface area contributed by atoms with Gasteiger partial charge in [0.25, 0.3) is 0 Å². The van der Waals surface area contributed by atoms with E-state index in [1.165, 1.54) is 12.2 Å². The van der Waals surface area contributed by atoms with Gasteiger partial charge in [-0.3, -0.25) is 9.59 Å². The summed E-state index contributed by atoms with van der Waals surface area (Å²) in [6.45, 7) is 8.92. The van der Waals surface area contributed by atoms with Crippen LogP contribution in [0.4, 0.5) is 0 Å². The number of nitrogens with one attached hydrogen (secondary N) is 2. The molecule has 10 nitrogen and oxygen atoms in total. The van der Waals surface area contributed by atoms with Crippen LogP contribution in [0.15, 0.2) is 36.0 Å². The zero-order chi connectivity index (χ0) is 27.9. The first kappa shape index (κ1) is 30.5. The second-order valence-electron chi connectivity index (χ2n) is 10.9. The summed E-state index contributed by atoms with van der Waals surface area (Å²) in [6, 6.07) is -0.0930. The van der Waals surface area contributed by atoms with Crippen LogP contribution < -0.4 is 16.4 Å². The lowest BCUT2D eigenvalue weighted by Gasteiger charge is -2.39. The molecule has 9 atom stereocenters. The number of aliphatic hydroxyl groups excluding tert-OH is 2. The van der Waals surface area contributed by atoms with Crippen molar-refractivity contribution in [2.75, 3.05) is 19.7 Å². The maximum Gasteiger partial charge on any atom is 0.244 e. The Morgan fingerprint density at radius 1 is 1.24 bits per heavy atom. The third kappa shape index (κ3) is 8.72. The van der Waals surface area contributed by atoms with Gasteiger partial charge in [-0.15, -0.1) is 0 Å². The number of ether oxygens (including phenoxy) is 3. The number of hydrogen-bond acceptors (Lipinski definition) is 8. The molecule has 1 spiro atoms. The van der Waals surface area contributed by atoms with Crippen molar-refractivity contribution in [3.05, 3.63) is 36.0 Å². The molecule has 0 aromatic rings. The van der Waals surface area contributed by atoms with Gasteiger partial charge in [-0.2, -0.15) is 0 Å². The van der Waals surface area contributed by atoms with E-state index in [0.29, 0.717) is 26.1 Å². The molecule has 6 N–H and O–H groups in total. The quantitative estimate of drug-likeness (QED) is 0.148. The SMILES string of the molecule is CC(/C=C/[C@H]1O[C@H](CC(=O)NCCN)C[C@@]2(CO2)[C@@H]1O)=C\C[C@@H]1O[C@H](C)[C@H](NC(=O)C=CC(C)O)C[C@@H]1C. The van der Waals surface area contributed by atoms with Crippen LogP contribution in [-0.2, 0) is 23.8 Å². The highest BCUT2D eigenvalue weighted by molar-refractivity contribution is 5.87. The number of carbonyl (C=O) groups excluding carboxylic acids is 2. The van der Waals surface area contributed by atoms with Gasteiger partial charge < -0.3 is 40.8 Å². The normalized spacial score (nSPS) is 36.5. The highest BCUT2D eigenvalue weighted by Crippen LogP contribution is 2.43. The second kappa shape index (κ2) is 13.8. The summed E-state index contributed by atoms with van der Waals surface area (Å²) >= 11 is 0. The van der Waals surface area contributed by atoms with E-state index in [2.05, 4.69) is 23.6 Å². The van der Waals surface area contributed by atoms with Crippen LogP contribution in [0.2, 0.25) is 0 Å². The molecule has 3 heterocycles. The number of allylic oxidation sites excluding steroid dienone is 2. The minimum absolute atomic E-state index is 0.0191. The van der Waals surface area contributed by atoms with Crippen molar-refractivity contribution in [2.24, 2.45) is 11.7 Å². The number of hydrogen-bond donors (Lipinski definition) is 5. The fraction of sp³-hybridized carbons (Fsp3) is 0.714. The molecule has 0 saturated carbocycles. The molecule has 3 aliphatic heterocycles. The van der Waals surface area contributed by atoms with Crippen molar-refractivity contribution in [1.82, 2.24) is 10.6 Å². The molecule has 2 amide bonds. The monoisotopic (exact) mass is 535 g/mol. The highest BCUT2D eigenvalue weighted by atomic mass is 16.6. The minimum Gasteiger partial charge on any atom is -0.389 e. The summed E-state index contributed by atoms with van der Waals surface area (Å²) in [5.41, 5.74) is 5.83. The van der Waals surface area contributed by atoms with E-state index in [1.807, 2.05) is 26.0 Å². The van der Waals surface area contributed by atoms with Crippen LogP contribution in [0.3, 0.4) is 0 Å². The van der Waals surface area contributed by atoms with Gasteiger partial charge in [0.1, 0.15) is 17.8 Å². The number of carbonyl (C=O) groups is 2. The molecule has 0 aliphatic carbocycles. The Hall–Kier alpha value is -2.08. The van der Waals surface area contributed by atoms with Crippen molar-refractivity contribution in [3.8, 4) is 0 Å². The molecule has 38 heavy (non-hydrogen) atoms. The Kier molecular flexibility index (Phi) is 11.1. The van der Waals surface area contributed by atoms with E-state index in [9.17, 15) is 19.8 Å². The van der Waals surface area contributed by atoms with Gasteiger partial charge in [0, 0.05) is 25.6 Å². The van der Waals surface area contributed by atoms with E-state index in [4.69, 9.17) is 19.9 Å². The lowest BCUT2D eigenvalue weighted by atomic mass is 9.87. The molecule has 0 aromatic carbocycles. The van der Waals surface area contributed by atoms with E-state index < -0.39 is 23.9 Å². The van der Waals surface area contributed by atoms with Crippen LogP contribution in [-0.4, -0.2) is 90.0 Å². The first-order valence-corrected chi connectivity index (χ1v) is 13.6. The Balaban J connectivity index is 1.52. The van der Waals surface area contributed by atoms with Crippen molar-refractivity contribution in [3.63, 3.8) is 0 Å². The van der Waals surface area contributed by atoms with E-state index in [1.54, 1.807) is 6.92 Å². The van der Waals surface area contributed by atoms with Crippen LogP contribution in [0.1, 0.15) is 53.4 Å². The van der Waals surface area contributed by atoms with Crippen molar-refractivity contribution >= 4 is 11.8 Å². The summed E-state index contributed by atoms with van der Waals surface area (Å²) in [5, 5.41) is 25.9. The van der Waals surface area contributed by atoms with Crippen molar-refractivity contribution in [2.45, 2.75) is 102 Å². The maximum atomic E-state index is 12.1. The molecule has 3 rings (SSSR count). The number of aliphatic hydroxyl groups is 2. The largest absolute Gasteiger partial charge is 0.389 e. The number of epoxide rings is 1. The third-order valence-electron chi connectivity index (χ3n) is 7.46. The standard InChI is InChI=1S/C28H45N3O7/c1-17(5-8-23-18(2)13-22(20(4)37-23)31-25(33)10-7-19(3)32)6-9-24-27(35)28(16-36-28)15-21(38-24)14-26(34)30-12-11-29/h5-7,9-10,18-24,27,32,35H,8,11-16,29H2,1-4H3,(H,30,34)(H,31,33)/b9-6+,10-7?,17-5+/t18-,19?,20+,21+,22+,23-,24+,27+,28+/m0/s1. The fourth-order valence-corrected chi connectivity index (χ4v) is 5.08. The molecule has 214 valence electrons. The third-order valence-corrected chi connectivity index (χ3v) is 7.46. The van der Waals surface area contributed by atoms with Gasteiger partial charge in [-0.25, -0.2) is 0 Å². The zero-order valence-electron chi connectivity index (χ0n) is 23.0. The van der Waals surface area contributed by atoms with E-state index >= 15 is 0 Å². The van der Waals surface area contributed by atoms with Gasteiger partial charge in [0.05, 0.1) is 43.5 Å². The molecular formula is C28H45N3O7. The molecule has 1 unspecified atom stereocenters. The maximum absolute atomic E-state index is 12.1. The van der Waals surface area contributed by atoms with Gasteiger partial charge in [0.2, 0.25) is 11.8 Å². The van der Waals surface area contributed by atoms with Gasteiger partial charge in [0.15, 0.2) is 0 Å². The Labute approximate surface area is 225 Å². The molecule has 0 bridgehead atoms. The van der Waals surface area contributed by atoms with E-state index in [-0.39, 0.29) is 48.5 Å². The molecule has 0 radical (unpaired) electrons. The Bertz CT molecular complexity index is 899. The van der Waals surface area contributed by atoms with Gasteiger partial charge in [-0.05, 0) is 39.5 Å². The van der Waals surface area contributed by atoms with E-state index in [0.717, 1.165) is 18.4 Å².